The Kier molecular flexibility index (Phi) is 2.85. The molecule has 1 amide bonds. The molecular weight excluding hydrogens is 244 g/mol. The van der Waals surface area contributed by atoms with E-state index in [0.717, 1.165) is 29.9 Å². The molecule has 3 heterocycles. The van der Waals surface area contributed by atoms with Gasteiger partial charge in [-0.25, -0.2) is 14.3 Å². The van der Waals surface area contributed by atoms with Gasteiger partial charge in [-0.3, -0.25) is 0 Å². The van der Waals surface area contributed by atoms with Crippen molar-refractivity contribution in [2.24, 2.45) is 0 Å². The number of nitrogens with zero attached hydrogens (tertiary/aromatic N) is 4. The molecule has 100 valence electrons. The third-order valence-electron chi connectivity index (χ3n) is 3.62. The van der Waals surface area contributed by atoms with Gasteiger partial charge in [0.05, 0.1) is 11.4 Å². The first-order chi connectivity index (χ1) is 9.15. The van der Waals surface area contributed by atoms with Crippen LogP contribution in [0, 0.1) is 6.92 Å². The third-order valence-corrected chi connectivity index (χ3v) is 3.62. The summed E-state index contributed by atoms with van der Waals surface area (Å²) in [4.78, 5) is 16.9. The Morgan fingerprint density at radius 2 is 2.37 bits per heavy atom. The quantitative estimate of drug-likeness (QED) is 0.850. The maximum Gasteiger partial charge on any atom is 0.407 e. The first-order valence-corrected chi connectivity index (χ1v) is 6.44. The van der Waals surface area contributed by atoms with Gasteiger partial charge in [0.15, 0.2) is 5.65 Å². The minimum atomic E-state index is -0.841. The van der Waals surface area contributed by atoms with Gasteiger partial charge in [0.2, 0.25) is 0 Å². The number of hydrogen-bond acceptors (Lipinski definition) is 3. The molecule has 1 N–H and O–H groups in total. The molecule has 1 fully saturated rings. The summed E-state index contributed by atoms with van der Waals surface area (Å²) < 4.78 is 1.84. The van der Waals surface area contributed by atoms with Crippen molar-refractivity contribution in [3.63, 3.8) is 0 Å². The molecule has 0 spiro atoms. The number of hydrogen-bond donors (Lipinski definition) is 1. The fourth-order valence-corrected chi connectivity index (χ4v) is 2.73. The van der Waals surface area contributed by atoms with Gasteiger partial charge in [-0.1, -0.05) is 0 Å². The van der Waals surface area contributed by atoms with Crippen LogP contribution in [0.5, 0.6) is 0 Å². The molecule has 2 aromatic heterocycles. The van der Waals surface area contributed by atoms with Crippen LogP contribution in [0.15, 0.2) is 18.3 Å². The van der Waals surface area contributed by atoms with Crippen LogP contribution < -0.4 is 0 Å². The summed E-state index contributed by atoms with van der Waals surface area (Å²) in [6.07, 6.45) is 2.81. The first kappa shape index (κ1) is 12.0. The number of rotatable bonds is 1. The van der Waals surface area contributed by atoms with E-state index in [0.29, 0.717) is 13.1 Å². The summed E-state index contributed by atoms with van der Waals surface area (Å²) in [5, 5.41) is 13.6. The molecule has 0 aromatic carbocycles. The maximum absolute atomic E-state index is 11.1. The molecule has 6 heteroatoms. The van der Waals surface area contributed by atoms with E-state index in [-0.39, 0.29) is 5.92 Å². The second-order valence-electron chi connectivity index (χ2n) is 4.99. The fraction of sp³-hybridized carbons (Fsp3) is 0.462. The number of aromatic nitrogens is 3. The SMILES string of the molecule is Cc1cc2nccc(C3CCCN(C(=O)O)C3)n2n1. The Balaban J connectivity index is 1.97. The van der Waals surface area contributed by atoms with Crippen LogP contribution in [0.3, 0.4) is 0 Å². The summed E-state index contributed by atoms with van der Waals surface area (Å²) in [5.41, 5.74) is 2.79. The number of amides is 1. The molecule has 1 unspecified atom stereocenters. The van der Waals surface area contributed by atoms with Crippen LogP contribution in [-0.2, 0) is 0 Å². The van der Waals surface area contributed by atoms with Crippen molar-refractivity contribution in [1.29, 1.82) is 0 Å². The van der Waals surface area contributed by atoms with Gasteiger partial charge in [-0.2, -0.15) is 5.10 Å². The number of likely N-dealkylation sites (tertiary alicyclic amines) is 1. The number of piperidine rings is 1. The fourth-order valence-electron chi connectivity index (χ4n) is 2.73. The van der Waals surface area contributed by atoms with Crippen LogP contribution in [-0.4, -0.2) is 43.8 Å². The van der Waals surface area contributed by atoms with Crippen molar-refractivity contribution in [3.05, 3.63) is 29.7 Å². The van der Waals surface area contributed by atoms with Gasteiger partial charge in [0, 0.05) is 31.3 Å². The smallest absolute Gasteiger partial charge is 0.407 e. The number of fused-ring (bicyclic) bond motifs is 1. The molecular formula is C13H16N4O2. The Morgan fingerprint density at radius 3 is 3.16 bits per heavy atom. The lowest BCUT2D eigenvalue weighted by Crippen LogP contribution is -2.38. The number of carboxylic acid groups (broad SMARTS) is 1. The topological polar surface area (TPSA) is 70.7 Å². The maximum atomic E-state index is 11.1. The van der Waals surface area contributed by atoms with E-state index in [4.69, 9.17) is 5.11 Å². The van der Waals surface area contributed by atoms with Crippen molar-refractivity contribution >= 4 is 11.7 Å². The molecule has 6 nitrogen and oxygen atoms in total. The van der Waals surface area contributed by atoms with Crippen molar-refractivity contribution in [2.45, 2.75) is 25.7 Å². The molecule has 1 saturated heterocycles. The van der Waals surface area contributed by atoms with Gasteiger partial charge in [0.1, 0.15) is 0 Å². The Hall–Kier alpha value is -2.11. The molecule has 19 heavy (non-hydrogen) atoms. The van der Waals surface area contributed by atoms with Gasteiger partial charge in [0.25, 0.3) is 0 Å². The standard InChI is InChI=1S/C13H16N4O2/c1-9-7-12-14-5-4-11(17(12)15-9)10-3-2-6-16(8-10)13(18)19/h4-5,7,10H,2-3,6,8H2,1H3,(H,18,19). The van der Waals surface area contributed by atoms with Gasteiger partial charge in [-0.05, 0) is 25.8 Å². The summed E-state index contributed by atoms with van der Waals surface area (Å²) in [6.45, 7) is 3.09. The lowest BCUT2D eigenvalue weighted by molar-refractivity contribution is 0.130. The number of carbonyl (C=O) groups is 1. The third kappa shape index (κ3) is 2.14. The van der Waals surface area contributed by atoms with Crippen molar-refractivity contribution in [2.75, 3.05) is 13.1 Å². The largest absolute Gasteiger partial charge is 0.465 e. The Labute approximate surface area is 110 Å². The van der Waals surface area contributed by atoms with Crippen LogP contribution in [0.25, 0.3) is 5.65 Å². The molecule has 1 aliphatic rings. The number of aryl methyl sites for hydroxylation is 1. The van der Waals surface area contributed by atoms with Crippen LogP contribution >= 0.6 is 0 Å². The minimum Gasteiger partial charge on any atom is -0.465 e. The molecule has 1 atom stereocenters. The predicted octanol–water partition coefficient (Wildman–Crippen LogP) is 1.90. The molecule has 3 rings (SSSR count). The average Bonchev–Trinajstić information content (AvgIpc) is 2.78. The second kappa shape index (κ2) is 4.53. The van der Waals surface area contributed by atoms with Crippen molar-refractivity contribution < 1.29 is 9.90 Å². The molecule has 0 radical (unpaired) electrons. The summed E-state index contributed by atoms with van der Waals surface area (Å²) in [5.74, 6) is 0.189. The molecule has 2 aromatic rings. The van der Waals surface area contributed by atoms with E-state index in [2.05, 4.69) is 10.1 Å². The van der Waals surface area contributed by atoms with Gasteiger partial charge >= 0.3 is 6.09 Å². The predicted molar refractivity (Wildman–Crippen MR) is 69.3 cm³/mol. The molecule has 1 aliphatic heterocycles. The Bertz CT molecular complexity index is 622. The lowest BCUT2D eigenvalue weighted by atomic mass is 9.95. The minimum absolute atomic E-state index is 0.189. The zero-order valence-electron chi connectivity index (χ0n) is 10.8. The van der Waals surface area contributed by atoms with Gasteiger partial charge < -0.3 is 10.0 Å². The van der Waals surface area contributed by atoms with E-state index in [9.17, 15) is 4.79 Å². The Morgan fingerprint density at radius 1 is 1.53 bits per heavy atom. The molecule has 0 bridgehead atoms. The van der Waals surface area contributed by atoms with E-state index in [1.807, 2.05) is 23.6 Å². The van der Waals surface area contributed by atoms with E-state index in [1.54, 1.807) is 6.20 Å². The highest BCUT2D eigenvalue weighted by atomic mass is 16.4. The van der Waals surface area contributed by atoms with Crippen LogP contribution in [0.2, 0.25) is 0 Å². The van der Waals surface area contributed by atoms with Crippen molar-refractivity contribution in [1.82, 2.24) is 19.5 Å². The van der Waals surface area contributed by atoms with Crippen molar-refractivity contribution in [3.8, 4) is 0 Å². The highest BCUT2D eigenvalue weighted by Gasteiger charge is 2.26. The summed E-state index contributed by atoms with van der Waals surface area (Å²) >= 11 is 0. The van der Waals surface area contributed by atoms with Crippen LogP contribution in [0.4, 0.5) is 4.79 Å². The average molecular weight is 260 g/mol. The van der Waals surface area contributed by atoms with E-state index in [1.165, 1.54) is 4.90 Å². The van der Waals surface area contributed by atoms with E-state index < -0.39 is 6.09 Å². The zero-order valence-corrected chi connectivity index (χ0v) is 10.8. The highest BCUT2D eigenvalue weighted by molar-refractivity contribution is 5.65. The highest BCUT2D eigenvalue weighted by Crippen LogP contribution is 2.27. The summed E-state index contributed by atoms with van der Waals surface area (Å²) in [6, 6.07) is 3.87. The van der Waals surface area contributed by atoms with Crippen LogP contribution in [0.1, 0.15) is 30.1 Å². The molecule has 0 aliphatic carbocycles. The van der Waals surface area contributed by atoms with E-state index >= 15 is 0 Å². The lowest BCUT2D eigenvalue weighted by Gasteiger charge is -2.30. The zero-order chi connectivity index (χ0) is 13.4. The molecule has 0 saturated carbocycles. The monoisotopic (exact) mass is 260 g/mol. The second-order valence-corrected chi connectivity index (χ2v) is 4.99. The van der Waals surface area contributed by atoms with Gasteiger partial charge in [-0.15, -0.1) is 0 Å². The summed E-state index contributed by atoms with van der Waals surface area (Å²) in [7, 11) is 0. The normalized spacial score (nSPS) is 19.8. The first-order valence-electron chi connectivity index (χ1n) is 6.44.